The number of anilines is 6. The number of furan rings is 2. The van der Waals surface area contributed by atoms with Gasteiger partial charge in [0.25, 0.3) is 0 Å². The third kappa shape index (κ3) is 4.99. The van der Waals surface area contributed by atoms with Gasteiger partial charge in [0.2, 0.25) is 0 Å². The molecule has 0 aliphatic carbocycles. The summed E-state index contributed by atoms with van der Waals surface area (Å²) in [7, 11) is 0. The van der Waals surface area contributed by atoms with Crippen LogP contribution in [0.1, 0.15) is 0 Å². The van der Waals surface area contributed by atoms with Crippen molar-refractivity contribution in [2.24, 2.45) is 0 Å². The Labute approximate surface area is 331 Å². The maximum absolute atomic E-state index is 6.55. The van der Waals surface area contributed by atoms with Gasteiger partial charge in [-0.15, -0.1) is 11.3 Å². The van der Waals surface area contributed by atoms with Gasteiger partial charge in [-0.25, -0.2) is 0 Å². The van der Waals surface area contributed by atoms with Gasteiger partial charge in [0.05, 0.1) is 11.4 Å². The summed E-state index contributed by atoms with van der Waals surface area (Å²) in [5, 5.41) is 9.30. The summed E-state index contributed by atoms with van der Waals surface area (Å²) < 4.78 is 15.4. The normalized spacial score (nSPS) is 11.9. The first-order chi connectivity index (χ1) is 28.3. The first kappa shape index (κ1) is 32.0. The van der Waals surface area contributed by atoms with E-state index in [-0.39, 0.29) is 0 Å². The van der Waals surface area contributed by atoms with Crippen LogP contribution in [0.2, 0.25) is 0 Å². The molecule has 268 valence electrons. The number of thiophene rings is 1. The molecule has 4 nitrogen and oxygen atoms in total. The molecule has 0 fully saturated rings. The van der Waals surface area contributed by atoms with Crippen LogP contribution < -0.4 is 9.80 Å². The van der Waals surface area contributed by atoms with E-state index in [4.69, 9.17) is 8.83 Å². The molecule has 0 aliphatic heterocycles. The molecule has 0 unspecified atom stereocenters. The molecule has 0 saturated heterocycles. The summed E-state index contributed by atoms with van der Waals surface area (Å²) in [5.74, 6) is 0. The van der Waals surface area contributed by atoms with Gasteiger partial charge in [0.1, 0.15) is 22.3 Å². The van der Waals surface area contributed by atoms with Crippen molar-refractivity contribution in [3.63, 3.8) is 0 Å². The minimum absolute atomic E-state index is 0.849. The van der Waals surface area contributed by atoms with Gasteiger partial charge in [-0.05, 0) is 89.6 Å². The predicted molar refractivity (Wildman–Crippen MR) is 241 cm³/mol. The summed E-state index contributed by atoms with van der Waals surface area (Å²) >= 11 is 1.86. The van der Waals surface area contributed by atoms with Crippen LogP contribution >= 0.6 is 11.3 Å². The number of hydrogen-bond donors (Lipinski definition) is 0. The van der Waals surface area contributed by atoms with E-state index < -0.39 is 0 Å². The highest BCUT2D eigenvalue weighted by Crippen LogP contribution is 2.54. The van der Waals surface area contributed by atoms with Crippen LogP contribution in [0.15, 0.2) is 203 Å². The Morgan fingerprint density at radius 1 is 0.351 bits per heavy atom. The van der Waals surface area contributed by atoms with E-state index in [0.29, 0.717) is 0 Å². The van der Waals surface area contributed by atoms with Crippen molar-refractivity contribution < 1.29 is 8.83 Å². The van der Waals surface area contributed by atoms with E-state index in [9.17, 15) is 0 Å². The quantitative estimate of drug-likeness (QED) is 0.170. The molecule has 12 rings (SSSR count). The van der Waals surface area contributed by atoms with Crippen LogP contribution in [0.4, 0.5) is 34.1 Å². The van der Waals surface area contributed by atoms with Crippen molar-refractivity contribution in [3.8, 4) is 0 Å². The Hall–Kier alpha value is -7.34. The Bertz CT molecular complexity index is 3490. The molecule has 0 atom stereocenters. The lowest BCUT2D eigenvalue weighted by Crippen LogP contribution is -2.17. The molecule has 0 aliphatic rings. The molecular weight excluding hydrogens is 717 g/mol. The van der Waals surface area contributed by atoms with Gasteiger partial charge < -0.3 is 18.6 Å². The fourth-order valence-corrected chi connectivity index (χ4v) is 9.91. The Morgan fingerprint density at radius 3 is 1.68 bits per heavy atom. The lowest BCUT2D eigenvalue weighted by atomic mass is 10.0. The average molecular weight is 749 g/mol. The molecule has 57 heavy (non-hydrogen) atoms. The van der Waals surface area contributed by atoms with Gasteiger partial charge in [-0.1, -0.05) is 109 Å². The topological polar surface area (TPSA) is 32.8 Å². The van der Waals surface area contributed by atoms with Crippen LogP contribution in [0.25, 0.3) is 74.8 Å². The van der Waals surface area contributed by atoms with E-state index in [1.165, 1.54) is 30.9 Å². The second kappa shape index (κ2) is 12.6. The standard InChI is InChI=1S/C52H32N2O2S/c1-3-14-34(15-4-1)53(36-25-29-47-43(31-36)40-20-10-12-22-46(40)55-47)44-28-30-49-50(42-26-23-33-13-7-8-18-38(33)52(42)57-49)51(44)54(35-16-5-2-6-17-35)37-24-27-41-39-19-9-11-21-45(39)56-48(41)32-37/h1-32H. The SMILES string of the molecule is c1ccc(N(c2ccc3oc4ccccc4c3c2)c2ccc3sc4c5ccccc5ccc4c3c2N(c2ccccc2)c2ccc3c(c2)oc2ccccc23)cc1. The van der Waals surface area contributed by atoms with Gasteiger partial charge in [0.15, 0.2) is 0 Å². The van der Waals surface area contributed by atoms with Crippen molar-refractivity contribution >= 4 is 120 Å². The van der Waals surface area contributed by atoms with Crippen LogP contribution in [0.5, 0.6) is 0 Å². The minimum atomic E-state index is 0.849. The van der Waals surface area contributed by atoms with E-state index in [2.05, 4.69) is 180 Å². The van der Waals surface area contributed by atoms with Crippen LogP contribution in [0, 0.1) is 0 Å². The highest BCUT2D eigenvalue weighted by Gasteiger charge is 2.28. The Balaban J connectivity index is 1.21. The van der Waals surface area contributed by atoms with Gasteiger partial charge in [0, 0.05) is 70.5 Å². The molecule has 3 heterocycles. The lowest BCUT2D eigenvalue weighted by molar-refractivity contribution is 0.668. The summed E-state index contributed by atoms with van der Waals surface area (Å²) in [6.07, 6.45) is 0. The van der Waals surface area contributed by atoms with Crippen molar-refractivity contribution in [1.82, 2.24) is 0 Å². The van der Waals surface area contributed by atoms with E-state index in [1.807, 2.05) is 35.6 Å². The number of para-hydroxylation sites is 4. The number of nitrogens with zero attached hydrogens (tertiary/aromatic N) is 2. The van der Waals surface area contributed by atoms with Gasteiger partial charge >= 0.3 is 0 Å². The summed E-state index contributed by atoms with van der Waals surface area (Å²) in [5.41, 5.74) is 9.74. The molecule has 0 bridgehead atoms. The minimum Gasteiger partial charge on any atom is -0.456 e. The second-order valence-electron chi connectivity index (χ2n) is 14.5. The maximum atomic E-state index is 6.55. The fourth-order valence-electron chi connectivity index (χ4n) is 8.67. The van der Waals surface area contributed by atoms with Crippen molar-refractivity contribution in [3.05, 3.63) is 194 Å². The highest BCUT2D eigenvalue weighted by molar-refractivity contribution is 7.26. The average Bonchev–Trinajstić information content (AvgIpc) is 3.96. The third-order valence-electron chi connectivity index (χ3n) is 11.2. The molecule has 0 amide bonds. The second-order valence-corrected chi connectivity index (χ2v) is 15.5. The van der Waals surface area contributed by atoms with Crippen LogP contribution in [-0.2, 0) is 0 Å². The molecule has 3 aromatic heterocycles. The molecule has 0 N–H and O–H groups in total. The van der Waals surface area contributed by atoms with Gasteiger partial charge in [-0.3, -0.25) is 0 Å². The van der Waals surface area contributed by atoms with E-state index in [1.54, 1.807) is 0 Å². The zero-order valence-electron chi connectivity index (χ0n) is 30.6. The Morgan fingerprint density at radius 2 is 0.912 bits per heavy atom. The lowest BCUT2D eigenvalue weighted by Gasteiger charge is -2.34. The molecule has 0 spiro atoms. The summed E-state index contributed by atoms with van der Waals surface area (Å²) in [4.78, 5) is 4.82. The van der Waals surface area contributed by atoms with Crippen molar-refractivity contribution in [2.45, 2.75) is 0 Å². The molecule has 0 saturated carbocycles. The number of hydrogen-bond acceptors (Lipinski definition) is 5. The largest absolute Gasteiger partial charge is 0.456 e. The van der Waals surface area contributed by atoms with Crippen LogP contribution in [0.3, 0.4) is 0 Å². The number of rotatable bonds is 6. The molecule has 9 aromatic carbocycles. The van der Waals surface area contributed by atoms with E-state index in [0.717, 1.165) is 78.0 Å². The molecule has 12 aromatic rings. The molecule has 0 radical (unpaired) electrons. The first-order valence-corrected chi connectivity index (χ1v) is 20.0. The molecule has 5 heteroatoms. The Kier molecular flexibility index (Phi) is 7.06. The number of benzene rings is 9. The smallest absolute Gasteiger partial charge is 0.137 e. The zero-order valence-corrected chi connectivity index (χ0v) is 31.4. The highest BCUT2D eigenvalue weighted by atomic mass is 32.1. The predicted octanol–water partition coefficient (Wildman–Crippen LogP) is 15.9. The summed E-state index contributed by atoms with van der Waals surface area (Å²) in [6.45, 7) is 0. The molecular formula is C52H32N2O2S. The van der Waals surface area contributed by atoms with Gasteiger partial charge in [-0.2, -0.15) is 0 Å². The zero-order chi connectivity index (χ0) is 37.5. The summed E-state index contributed by atoms with van der Waals surface area (Å²) in [6, 6.07) is 69.1. The van der Waals surface area contributed by atoms with Crippen molar-refractivity contribution in [1.29, 1.82) is 0 Å². The fraction of sp³-hybridized carbons (Fsp3) is 0. The first-order valence-electron chi connectivity index (χ1n) is 19.2. The van der Waals surface area contributed by atoms with E-state index >= 15 is 0 Å². The monoisotopic (exact) mass is 748 g/mol. The maximum Gasteiger partial charge on any atom is 0.137 e. The third-order valence-corrected chi connectivity index (χ3v) is 12.4. The number of fused-ring (bicyclic) bond motifs is 11. The van der Waals surface area contributed by atoms with Crippen LogP contribution in [-0.4, -0.2) is 0 Å². The van der Waals surface area contributed by atoms with Crippen molar-refractivity contribution in [2.75, 3.05) is 9.80 Å².